The van der Waals surface area contributed by atoms with Gasteiger partial charge >= 0.3 is 0 Å². The van der Waals surface area contributed by atoms with E-state index in [-0.39, 0.29) is 18.4 Å². The summed E-state index contributed by atoms with van der Waals surface area (Å²) >= 11 is 0. The number of ether oxygens (including phenoxy) is 1. The third-order valence-corrected chi connectivity index (χ3v) is 3.56. The number of amides is 2. The molecule has 1 aliphatic heterocycles. The van der Waals surface area contributed by atoms with Crippen LogP contribution in [0.1, 0.15) is 13.3 Å². The number of hydrogen-bond acceptors (Lipinski definition) is 4. The van der Waals surface area contributed by atoms with Crippen LogP contribution in [-0.2, 0) is 9.59 Å². The standard InChI is InChI=1S/C15H21N3O3/c1-12(19)17-7-4-8-18(10-9-17)15(20)11-21-14-6-3-2-5-13(14)16/h2-3,5-6H,4,7-11,16H2,1H3. The summed E-state index contributed by atoms with van der Waals surface area (Å²) in [6.45, 7) is 4.00. The molecule has 0 aromatic heterocycles. The SMILES string of the molecule is CC(=O)N1CCCN(C(=O)COc2ccccc2N)CC1. The van der Waals surface area contributed by atoms with Gasteiger partial charge in [0.1, 0.15) is 5.75 Å². The predicted molar refractivity (Wildman–Crippen MR) is 79.8 cm³/mol. The van der Waals surface area contributed by atoms with Crippen molar-refractivity contribution in [3.05, 3.63) is 24.3 Å². The molecule has 114 valence electrons. The zero-order valence-electron chi connectivity index (χ0n) is 12.2. The van der Waals surface area contributed by atoms with Crippen LogP contribution in [-0.4, -0.2) is 54.4 Å². The lowest BCUT2D eigenvalue weighted by molar-refractivity contribution is -0.134. The Morgan fingerprint density at radius 1 is 1.14 bits per heavy atom. The van der Waals surface area contributed by atoms with E-state index in [9.17, 15) is 9.59 Å². The Morgan fingerprint density at radius 3 is 2.52 bits per heavy atom. The van der Waals surface area contributed by atoms with Crippen molar-refractivity contribution in [2.75, 3.05) is 38.5 Å². The maximum absolute atomic E-state index is 12.2. The van der Waals surface area contributed by atoms with E-state index in [0.29, 0.717) is 37.6 Å². The fourth-order valence-corrected chi connectivity index (χ4v) is 2.32. The van der Waals surface area contributed by atoms with Crippen LogP contribution in [0.4, 0.5) is 5.69 Å². The molecule has 21 heavy (non-hydrogen) atoms. The highest BCUT2D eigenvalue weighted by Crippen LogP contribution is 2.19. The van der Waals surface area contributed by atoms with Gasteiger partial charge < -0.3 is 20.3 Å². The highest BCUT2D eigenvalue weighted by atomic mass is 16.5. The fraction of sp³-hybridized carbons (Fsp3) is 0.467. The van der Waals surface area contributed by atoms with Gasteiger partial charge in [-0.15, -0.1) is 0 Å². The van der Waals surface area contributed by atoms with E-state index in [1.54, 1.807) is 28.9 Å². The van der Waals surface area contributed by atoms with Gasteiger partial charge in [0.2, 0.25) is 5.91 Å². The number of para-hydroxylation sites is 2. The third-order valence-electron chi connectivity index (χ3n) is 3.56. The first-order valence-corrected chi connectivity index (χ1v) is 7.08. The Labute approximate surface area is 124 Å². The largest absolute Gasteiger partial charge is 0.482 e. The molecule has 0 saturated carbocycles. The van der Waals surface area contributed by atoms with Gasteiger partial charge in [-0.05, 0) is 18.6 Å². The summed E-state index contributed by atoms with van der Waals surface area (Å²) in [5, 5.41) is 0. The second-order valence-corrected chi connectivity index (χ2v) is 5.07. The van der Waals surface area contributed by atoms with Gasteiger partial charge in [-0.25, -0.2) is 0 Å². The van der Waals surface area contributed by atoms with Crippen molar-refractivity contribution < 1.29 is 14.3 Å². The molecule has 1 aromatic carbocycles. The van der Waals surface area contributed by atoms with Crippen molar-refractivity contribution in [3.8, 4) is 5.75 Å². The van der Waals surface area contributed by atoms with Gasteiger partial charge in [-0.3, -0.25) is 9.59 Å². The van der Waals surface area contributed by atoms with Gasteiger partial charge in [0.25, 0.3) is 5.91 Å². The molecule has 1 aliphatic rings. The Kier molecular flexibility index (Phi) is 5.03. The van der Waals surface area contributed by atoms with Crippen LogP contribution in [0, 0.1) is 0 Å². The zero-order valence-corrected chi connectivity index (χ0v) is 12.2. The summed E-state index contributed by atoms with van der Waals surface area (Å²) in [4.78, 5) is 27.0. The van der Waals surface area contributed by atoms with E-state index in [0.717, 1.165) is 6.42 Å². The summed E-state index contributed by atoms with van der Waals surface area (Å²) < 4.78 is 5.47. The summed E-state index contributed by atoms with van der Waals surface area (Å²) in [6, 6.07) is 7.10. The summed E-state index contributed by atoms with van der Waals surface area (Å²) in [7, 11) is 0. The van der Waals surface area contributed by atoms with Gasteiger partial charge in [0, 0.05) is 33.1 Å². The zero-order chi connectivity index (χ0) is 15.2. The topological polar surface area (TPSA) is 75.9 Å². The second-order valence-electron chi connectivity index (χ2n) is 5.07. The lowest BCUT2D eigenvalue weighted by Crippen LogP contribution is -2.38. The molecule has 0 spiro atoms. The maximum atomic E-state index is 12.2. The Hall–Kier alpha value is -2.24. The molecule has 0 atom stereocenters. The average molecular weight is 291 g/mol. The number of carbonyl (C=O) groups excluding carboxylic acids is 2. The van der Waals surface area contributed by atoms with E-state index < -0.39 is 0 Å². The Balaban J connectivity index is 1.86. The first kappa shape index (κ1) is 15.2. The van der Waals surface area contributed by atoms with Crippen molar-refractivity contribution in [3.63, 3.8) is 0 Å². The second kappa shape index (κ2) is 6.97. The van der Waals surface area contributed by atoms with Gasteiger partial charge in [0.15, 0.2) is 6.61 Å². The lowest BCUT2D eigenvalue weighted by atomic mass is 10.3. The highest BCUT2D eigenvalue weighted by molar-refractivity contribution is 5.78. The average Bonchev–Trinajstić information content (AvgIpc) is 2.72. The van der Waals surface area contributed by atoms with Crippen LogP contribution >= 0.6 is 0 Å². The lowest BCUT2D eigenvalue weighted by Gasteiger charge is -2.21. The van der Waals surface area contributed by atoms with Crippen LogP contribution in [0.5, 0.6) is 5.75 Å². The van der Waals surface area contributed by atoms with Gasteiger partial charge in [0.05, 0.1) is 5.69 Å². The van der Waals surface area contributed by atoms with E-state index in [2.05, 4.69) is 0 Å². The molecule has 1 aromatic rings. The minimum atomic E-state index is -0.0799. The quantitative estimate of drug-likeness (QED) is 0.833. The van der Waals surface area contributed by atoms with Crippen molar-refractivity contribution in [1.82, 2.24) is 9.80 Å². The van der Waals surface area contributed by atoms with Crippen LogP contribution in [0.3, 0.4) is 0 Å². The number of rotatable bonds is 3. The fourth-order valence-electron chi connectivity index (χ4n) is 2.32. The molecule has 0 aliphatic carbocycles. The van der Waals surface area contributed by atoms with E-state index in [4.69, 9.17) is 10.5 Å². The van der Waals surface area contributed by atoms with Crippen LogP contribution in [0.15, 0.2) is 24.3 Å². The minimum Gasteiger partial charge on any atom is -0.482 e. The number of nitrogens with zero attached hydrogens (tertiary/aromatic N) is 2. The molecule has 1 saturated heterocycles. The number of nitrogens with two attached hydrogens (primary N) is 1. The number of benzene rings is 1. The smallest absolute Gasteiger partial charge is 0.260 e. The van der Waals surface area contributed by atoms with Crippen molar-refractivity contribution >= 4 is 17.5 Å². The molecule has 6 nitrogen and oxygen atoms in total. The summed E-state index contributed by atoms with van der Waals surface area (Å²) in [6.07, 6.45) is 0.790. The molecular weight excluding hydrogens is 270 g/mol. The molecule has 2 rings (SSSR count). The minimum absolute atomic E-state index is 0.0334. The molecule has 1 heterocycles. The molecule has 6 heteroatoms. The van der Waals surface area contributed by atoms with Crippen molar-refractivity contribution in [2.24, 2.45) is 0 Å². The highest BCUT2D eigenvalue weighted by Gasteiger charge is 2.20. The molecule has 1 fully saturated rings. The van der Waals surface area contributed by atoms with Crippen molar-refractivity contribution in [1.29, 1.82) is 0 Å². The molecular formula is C15H21N3O3. The summed E-state index contributed by atoms with van der Waals surface area (Å²) in [5.74, 6) is 0.493. The monoisotopic (exact) mass is 291 g/mol. The third kappa shape index (κ3) is 4.11. The van der Waals surface area contributed by atoms with Gasteiger partial charge in [-0.2, -0.15) is 0 Å². The summed E-state index contributed by atoms with van der Waals surface area (Å²) in [5.41, 5.74) is 6.29. The normalized spacial score (nSPS) is 15.5. The van der Waals surface area contributed by atoms with Crippen LogP contribution in [0.25, 0.3) is 0 Å². The first-order valence-electron chi connectivity index (χ1n) is 7.08. The molecule has 0 bridgehead atoms. The van der Waals surface area contributed by atoms with Crippen LogP contribution in [0.2, 0.25) is 0 Å². The van der Waals surface area contributed by atoms with Gasteiger partial charge in [-0.1, -0.05) is 12.1 Å². The van der Waals surface area contributed by atoms with E-state index >= 15 is 0 Å². The van der Waals surface area contributed by atoms with E-state index in [1.807, 2.05) is 12.1 Å². The van der Waals surface area contributed by atoms with Crippen LogP contribution < -0.4 is 10.5 Å². The van der Waals surface area contributed by atoms with E-state index in [1.165, 1.54) is 0 Å². The van der Waals surface area contributed by atoms with Crippen molar-refractivity contribution in [2.45, 2.75) is 13.3 Å². The number of nitrogen functional groups attached to an aromatic ring is 1. The number of hydrogen-bond donors (Lipinski definition) is 1. The number of carbonyl (C=O) groups is 2. The molecule has 2 N–H and O–H groups in total. The Morgan fingerprint density at radius 2 is 1.81 bits per heavy atom. The molecule has 0 unspecified atom stereocenters. The maximum Gasteiger partial charge on any atom is 0.260 e. The Bertz CT molecular complexity index is 519. The molecule has 0 radical (unpaired) electrons. The predicted octanol–water partition coefficient (Wildman–Crippen LogP) is 0.728. The first-order chi connectivity index (χ1) is 10.1. The molecule has 2 amide bonds. The number of anilines is 1.